The molecule has 2 aromatic rings. The van der Waals surface area contributed by atoms with Crippen LogP contribution in [0.15, 0.2) is 59.5 Å². The first-order chi connectivity index (χ1) is 10.5. The Bertz CT molecular complexity index is 767. The van der Waals surface area contributed by atoms with E-state index in [1.54, 1.807) is 24.3 Å². The molecule has 0 N–H and O–H groups in total. The van der Waals surface area contributed by atoms with Crippen molar-refractivity contribution in [3.8, 4) is 11.2 Å². The minimum Gasteiger partial charge on any atom is -0.477 e. The van der Waals surface area contributed by atoms with E-state index in [0.717, 1.165) is 17.3 Å². The van der Waals surface area contributed by atoms with E-state index in [1.165, 1.54) is 12.1 Å². The molecule has 0 aliphatic heterocycles. The maximum absolute atomic E-state index is 12.4. The van der Waals surface area contributed by atoms with Gasteiger partial charge in [0.2, 0.25) is 0 Å². The van der Waals surface area contributed by atoms with Gasteiger partial charge < -0.3 is 4.74 Å². The maximum Gasteiger partial charge on any atom is 0.182 e. The molecule has 1 unspecified atom stereocenters. The Hall–Kier alpha value is -1.97. The molecular formula is C16H15NO3S2. The number of hydrogen-bond acceptors (Lipinski definition) is 5. The molecule has 0 aliphatic rings. The predicted octanol–water partition coefficient (Wildman–Crippen LogP) is 3.39. The van der Waals surface area contributed by atoms with Crippen molar-refractivity contribution in [3.05, 3.63) is 60.2 Å². The van der Waals surface area contributed by atoms with Gasteiger partial charge in [-0.1, -0.05) is 36.4 Å². The number of aryl methyl sites for hydroxylation is 1. The van der Waals surface area contributed by atoms with Gasteiger partial charge in [-0.05, 0) is 42.4 Å². The van der Waals surface area contributed by atoms with Crippen LogP contribution in [0.25, 0.3) is 0 Å². The van der Waals surface area contributed by atoms with Crippen LogP contribution >= 0.6 is 11.8 Å². The van der Waals surface area contributed by atoms with Crippen molar-refractivity contribution in [3.63, 3.8) is 0 Å². The number of nitriles is 1. The molecule has 0 heterocycles. The van der Waals surface area contributed by atoms with Crippen LogP contribution in [0, 0.1) is 17.6 Å². The van der Waals surface area contributed by atoms with Gasteiger partial charge in [0, 0.05) is 0 Å². The summed E-state index contributed by atoms with van der Waals surface area (Å²) < 4.78 is 30.5. The number of benzene rings is 2. The smallest absolute Gasteiger partial charge is 0.182 e. The molecule has 2 aromatic carbocycles. The Morgan fingerprint density at radius 3 is 2.41 bits per heavy atom. The third-order valence-corrected chi connectivity index (χ3v) is 5.57. The summed E-state index contributed by atoms with van der Waals surface area (Å²) in [5.74, 6) is 0.322. The van der Waals surface area contributed by atoms with E-state index in [1.807, 2.05) is 30.5 Å². The van der Waals surface area contributed by atoms with Crippen LogP contribution in [0.4, 0.5) is 0 Å². The molecule has 0 amide bonds. The molecule has 0 aliphatic carbocycles. The maximum atomic E-state index is 12.4. The van der Waals surface area contributed by atoms with E-state index in [9.17, 15) is 8.42 Å². The average molecular weight is 333 g/mol. The number of sulfone groups is 1. The molecule has 2 rings (SSSR count). The number of thiocyanates is 1. The van der Waals surface area contributed by atoms with Gasteiger partial charge in [0.25, 0.3) is 0 Å². The minimum absolute atomic E-state index is 0.229. The summed E-state index contributed by atoms with van der Waals surface area (Å²) in [5, 5.41) is 10.8. The van der Waals surface area contributed by atoms with Gasteiger partial charge in [-0.15, -0.1) is 0 Å². The molecule has 0 bridgehead atoms. The lowest BCUT2D eigenvalue weighted by molar-refractivity contribution is 0.307. The first kappa shape index (κ1) is 16.4. The van der Waals surface area contributed by atoms with E-state index in [2.05, 4.69) is 0 Å². The largest absolute Gasteiger partial charge is 0.477 e. The Morgan fingerprint density at radius 2 is 1.77 bits per heavy atom. The van der Waals surface area contributed by atoms with Crippen molar-refractivity contribution in [2.45, 2.75) is 17.3 Å². The van der Waals surface area contributed by atoms with E-state index in [-0.39, 0.29) is 10.6 Å². The predicted molar refractivity (Wildman–Crippen MR) is 87.3 cm³/mol. The van der Waals surface area contributed by atoms with Gasteiger partial charge >= 0.3 is 0 Å². The molecule has 6 heteroatoms. The van der Waals surface area contributed by atoms with Crippen LogP contribution in [-0.2, 0) is 9.84 Å². The minimum atomic E-state index is -3.51. The molecule has 0 fully saturated rings. The number of thioether (sulfide) groups is 1. The summed E-state index contributed by atoms with van der Waals surface area (Å²) in [6, 6.07) is 15.5. The number of hydrogen-bond donors (Lipinski definition) is 0. The monoisotopic (exact) mass is 333 g/mol. The van der Waals surface area contributed by atoms with E-state index >= 15 is 0 Å². The zero-order chi connectivity index (χ0) is 16.0. The number of ether oxygens (including phenoxy) is 1. The van der Waals surface area contributed by atoms with E-state index < -0.39 is 15.3 Å². The summed E-state index contributed by atoms with van der Waals surface area (Å²) in [4.78, 5) is 0.229. The van der Waals surface area contributed by atoms with Crippen LogP contribution in [0.5, 0.6) is 5.75 Å². The Kier molecular flexibility index (Phi) is 5.47. The third-order valence-electron chi connectivity index (χ3n) is 2.99. The fourth-order valence-corrected chi connectivity index (χ4v) is 4.15. The summed E-state index contributed by atoms with van der Waals surface area (Å²) in [5.41, 5.74) is 0.111. The first-order valence-electron chi connectivity index (χ1n) is 6.58. The lowest BCUT2D eigenvalue weighted by atomic mass is 10.2. The molecule has 114 valence electrons. The number of nitrogens with zero attached hydrogens (tertiary/aromatic N) is 1. The lowest BCUT2D eigenvalue weighted by Crippen LogP contribution is -2.24. The van der Waals surface area contributed by atoms with Gasteiger partial charge in [-0.3, -0.25) is 0 Å². The second-order valence-corrected chi connectivity index (χ2v) is 7.59. The molecule has 0 saturated carbocycles. The van der Waals surface area contributed by atoms with E-state index in [4.69, 9.17) is 10.00 Å². The summed E-state index contributed by atoms with van der Waals surface area (Å²) >= 11 is 0.806. The fourth-order valence-electron chi connectivity index (χ4n) is 1.88. The van der Waals surface area contributed by atoms with Gasteiger partial charge in [-0.2, -0.15) is 5.26 Å². The Labute approximate surface area is 134 Å². The molecule has 1 atom stereocenters. The first-order valence-corrected chi connectivity index (χ1v) is 9.11. The Balaban J connectivity index is 2.19. The standard InChI is InChI=1S/C16H15NO3S2/c1-13-7-5-6-10-15(13)20-16(21-12-17)11-22(18,19)14-8-3-2-4-9-14/h2-10,16H,11H2,1H3. The molecule has 0 saturated heterocycles. The van der Waals surface area contributed by atoms with Crippen LogP contribution in [0.3, 0.4) is 0 Å². The number of para-hydroxylation sites is 1. The topological polar surface area (TPSA) is 67.2 Å². The van der Waals surface area contributed by atoms with Gasteiger partial charge in [0.05, 0.1) is 4.90 Å². The van der Waals surface area contributed by atoms with Gasteiger partial charge in [0.15, 0.2) is 15.3 Å². The highest BCUT2D eigenvalue weighted by molar-refractivity contribution is 8.05. The van der Waals surface area contributed by atoms with E-state index in [0.29, 0.717) is 5.75 Å². The highest BCUT2D eigenvalue weighted by Crippen LogP contribution is 2.24. The molecule has 0 spiro atoms. The van der Waals surface area contributed by atoms with Crippen molar-refractivity contribution in [1.82, 2.24) is 0 Å². The van der Waals surface area contributed by atoms with Crippen molar-refractivity contribution in [2.24, 2.45) is 0 Å². The highest BCUT2D eigenvalue weighted by atomic mass is 32.2. The fraction of sp³-hybridized carbons (Fsp3) is 0.188. The molecule has 22 heavy (non-hydrogen) atoms. The average Bonchev–Trinajstić information content (AvgIpc) is 2.50. The van der Waals surface area contributed by atoms with Crippen LogP contribution in [0.1, 0.15) is 5.56 Å². The second kappa shape index (κ2) is 7.34. The van der Waals surface area contributed by atoms with Crippen LogP contribution < -0.4 is 4.74 Å². The van der Waals surface area contributed by atoms with Crippen LogP contribution in [-0.4, -0.2) is 19.6 Å². The second-order valence-electron chi connectivity index (χ2n) is 4.62. The van der Waals surface area contributed by atoms with Crippen molar-refractivity contribution >= 4 is 21.6 Å². The normalized spacial score (nSPS) is 12.4. The molecule has 4 nitrogen and oxygen atoms in total. The molecule has 0 radical (unpaired) electrons. The summed E-state index contributed by atoms with van der Waals surface area (Å²) in [6.45, 7) is 1.87. The number of rotatable bonds is 6. The molecule has 0 aromatic heterocycles. The highest BCUT2D eigenvalue weighted by Gasteiger charge is 2.23. The SMILES string of the molecule is Cc1ccccc1OC(CS(=O)(=O)c1ccccc1)SC#N. The van der Waals surface area contributed by atoms with Crippen LogP contribution in [0.2, 0.25) is 0 Å². The zero-order valence-electron chi connectivity index (χ0n) is 12.0. The van der Waals surface area contributed by atoms with Crippen molar-refractivity contribution in [2.75, 3.05) is 5.75 Å². The third kappa shape index (κ3) is 4.26. The van der Waals surface area contributed by atoms with Gasteiger partial charge in [0.1, 0.15) is 16.9 Å². The van der Waals surface area contributed by atoms with Gasteiger partial charge in [-0.25, -0.2) is 8.42 Å². The zero-order valence-corrected chi connectivity index (χ0v) is 13.6. The van der Waals surface area contributed by atoms with Crippen molar-refractivity contribution < 1.29 is 13.2 Å². The summed E-state index contributed by atoms with van der Waals surface area (Å²) in [7, 11) is -3.51. The van der Waals surface area contributed by atoms with Crippen molar-refractivity contribution in [1.29, 1.82) is 5.26 Å². The quantitative estimate of drug-likeness (QED) is 0.599. The summed E-state index contributed by atoms with van der Waals surface area (Å²) in [6.07, 6.45) is 0. The lowest BCUT2D eigenvalue weighted by Gasteiger charge is -2.17. The molecular weight excluding hydrogens is 318 g/mol. The Morgan fingerprint density at radius 1 is 1.14 bits per heavy atom.